The summed E-state index contributed by atoms with van der Waals surface area (Å²) in [4.78, 5) is 24.6. The van der Waals surface area contributed by atoms with Crippen LogP contribution in [0, 0.1) is 13.8 Å². The molecular formula is C24H19NO5S. The Morgan fingerprint density at radius 2 is 1.61 bits per heavy atom. The van der Waals surface area contributed by atoms with Crippen LogP contribution in [0.4, 0.5) is 5.69 Å². The van der Waals surface area contributed by atoms with Crippen LogP contribution in [0.3, 0.4) is 0 Å². The molecule has 0 fully saturated rings. The maximum atomic E-state index is 12.9. The van der Waals surface area contributed by atoms with Crippen molar-refractivity contribution in [3.05, 3.63) is 99.9 Å². The Hall–Kier alpha value is -3.71. The molecular weight excluding hydrogens is 414 g/mol. The van der Waals surface area contributed by atoms with Crippen LogP contribution in [0.15, 0.2) is 91.8 Å². The number of benzene rings is 3. The van der Waals surface area contributed by atoms with Crippen LogP contribution in [0.2, 0.25) is 0 Å². The van der Waals surface area contributed by atoms with Gasteiger partial charge in [-0.25, -0.2) is 13.2 Å². The van der Waals surface area contributed by atoms with E-state index in [1.165, 1.54) is 36.4 Å². The average Bonchev–Trinajstić information content (AvgIpc) is 2.76. The number of fused-ring (bicyclic) bond motifs is 1. The first-order valence-electron chi connectivity index (χ1n) is 9.52. The third-order valence-corrected chi connectivity index (χ3v) is 6.83. The second-order valence-electron chi connectivity index (χ2n) is 7.22. The molecule has 0 aliphatic rings. The molecule has 156 valence electrons. The molecule has 3 aromatic carbocycles. The Morgan fingerprint density at radius 3 is 2.32 bits per heavy atom. The molecule has 31 heavy (non-hydrogen) atoms. The van der Waals surface area contributed by atoms with Gasteiger partial charge in [-0.15, -0.1) is 0 Å². The van der Waals surface area contributed by atoms with Crippen LogP contribution in [-0.4, -0.2) is 14.3 Å². The van der Waals surface area contributed by atoms with E-state index in [4.69, 9.17) is 4.42 Å². The summed E-state index contributed by atoms with van der Waals surface area (Å²) in [6.07, 6.45) is 0. The van der Waals surface area contributed by atoms with Crippen LogP contribution in [0.1, 0.15) is 21.5 Å². The Morgan fingerprint density at radius 1 is 0.871 bits per heavy atom. The second-order valence-corrected chi connectivity index (χ2v) is 9.14. The summed E-state index contributed by atoms with van der Waals surface area (Å²) in [5.41, 5.74) is 2.37. The smallest absolute Gasteiger partial charge is 0.355 e. The zero-order valence-electron chi connectivity index (χ0n) is 16.9. The van der Waals surface area contributed by atoms with Gasteiger partial charge in [-0.1, -0.05) is 24.3 Å². The van der Waals surface area contributed by atoms with E-state index in [2.05, 4.69) is 5.32 Å². The van der Waals surface area contributed by atoms with Crippen molar-refractivity contribution in [3.63, 3.8) is 0 Å². The highest BCUT2D eigenvalue weighted by atomic mass is 32.2. The van der Waals surface area contributed by atoms with Gasteiger partial charge >= 0.3 is 5.63 Å². The van der Waals surface area contributed by atoms with E-state index in [9.17, 15) is 18.0 Å². The van der Waals surface area contributed by atoms with Crippen LogP contribution >= 0.6 is 0 Å². The predicted octanol–water partition coefficient (Wildman–Crippen LogP) is 4.49. The van der Waals surface area contributed by atoms with Crippen molar-refractivity contribution in [1.29, 1.82) is 0 Å². The average molecular weight is 433 g/mol. The highest BCUT2D eigenvalue weighted by Crippen LogP contribution is 2.23. The second kappa shape index (κ2) is 7.85. The van der Waals surface area contributed by atoms with Crippen LogP contribution < -0.4 is 10.9 Å². The highest BCUT2D eigenvalue weighted by Gasteiger charge is 2.23. The molecule has 0 spiro atoms. The SMILES string of the molecule is Cc1ccc(NC(=O)c2ccc3oc(=O)c(S(=O)(=O)c4ccccc4)cc3c2)cc1C. The fraction of sp³-hybridized carbons (Fsp3) is 0.0833. The van der Waals surface area contributed by atoms with Gasteiger partial charge in [0.25, 0.3) is 5.91 Å². The molecule has 0 radical (unpaired) electrons. The molecule has 1 amide bonds. The van der Waals surface area contributed by atoms with Gasteiger partial charge in [0.1, 0.15) is 5.58 Å². The van der Waals surface area contributed by atoms with Gasteiger partial charge in [-0.3, -0.25) is 4.79 Å². The molecule has 4 aromatic rings. The zero-order valence-corrected chi connectivity index (χ0v) is 17.7. The summed E-state index contributed by atoms with van der Waals surface area (Å²) in [6, 6.07) is 19.0. The van der Waals surface area contributed by atoms with Gasteiger partial charge < -0.3 is 9.73 Å². The summed E-state index contributed by atoms with van der Waals surface area (Å²) in [7, 11) is -4.06. The summed E-state index contributed by atoms with van der Waals surface area (Å²) in [5.74, 6) is -0.358. The molecule has 0 aliphatic carbocycles. The number of carbonyl (C=O) groups is 1. The number of sulfone groups is 1. The molecule has 0 unspecified atom stereocenters. The largest absolute Gasteiger partial charge is 0.422 e. The molecule has 6 nitrogen and oxygen atoms in total. The van der Waals surface area contributed by atoms with Crippen molar-refractivity contribution in [1.82, 2.24) is 0 Å². The van der Waals surface area contributed by atoms with E-state index in [0.29, 0.717) is 16.6 Å². The number of carbonyl (C=O) groups excluding carboxylic acids is 1. The fourth-order valence-electron chi connectivity index (χ4n) is 3.18. The van der Waals surface area contributed by atoms with Crippen molar-refractivity contribution in [3.8, 4) is 0 Å². The Balaban J connectivity index is 1.73. The molecule has 0 bridgehead atoms. The standard InChI is InChI=1S/C24H19NO5S/c1-15-8-10-19(12-16(15)2)25-23(26)17-9-11-21-18(13-17)14-22(24(27)30-21)31(28,29)20-6-4-3-5-7-20/h3-14H,1-2H3,(H,25,26). The molecule has 0 saturated carbocycles. The van der Waals surface area contributed by atoms with Crippen molar-refractivity contribution in [2.75, 3.05) is 5.32 Å². The third kappa shape index (κ3) is 4.00. The van der Waals surface area contributed by atoms with Gasteiger partial charge in [0.15, 0.2) is 4.90 Å². The van der Waals surface area contributed by atoms with Crippen molar-refractivity contribution < 1.29 is 17.6 Å². The van der Waals surface area contributed by atoms with E-state index in [-0.39, 0.29) is 16.4 Å². The predicted molar refractivity (Wildman–Crippen MR) is 118 cm³/mol. The van der Waals surface area contributed by atoms with Crippen molar-refractivity contribution >= 4 is 32.4 Å². The van der Waals surface area contributed by atoms with Gasteiger partial charge in [0, 0.05) is 16.6 Å². The lowest BCUT2D eigenvalue weighted by atomic mass is 10.1. The summed E-state index contributed by atoms with van der Waals surface area (Å²) < 4.78 is 31.0. The van der Waals surface area contributed by atoms with E-state index in [0.717, 1.165) is 11.1 Å². The summed E-state index contributed by atoms with van der Waals surface area (Å²) in [6.45, 7) is 3.94. The van der Waals surface area contributed by atoms with Gasteiger partial charge in [0.2, 0.25) is 9.84 Å². The lowest BCUT2D eigenvalue weighted by Crippen LogP contribution is -2.15. The molecule has 7 heteroatoms. The Bertz CT molecular complexity index is 1470. The van der Waals surface area contributed by atoms with E-state index < -0.39 is 20.4 Å². The highest BCUT2D eigenvalue weighted by molar-refractivity contribution is 7.91. The minimum atomic E-state index is -4.06. The topological polar surface area (TPSA) is 93.4 Å². The molecule has 1 aromatic heterocycles. The van der Waals surface area contributed by atoms with Crippen molar-refractivity contribution in [2.24, 2.45) is 0 Å². The monoisotopic (exact) mass is 433 g/mol. The van der Waals surface area contributed by atoms with Gasteiger partial charge in [-0.2, -0.15) is 0 Å². The Labute approximate surface area is 179 Å². The van der Waals surface area contributed by atoms with E-state index in [1.807, 2.05) is 32.0 Å². The van der Waals surface area contributed by atoms with Gasteiger partial charge in [0.05, 0.1) is 4.90 Å². The normalized spacial score (nSPS) is 11.4. The number of rotatable bonds is 4. The lowest BCUT2D eigenvalue weighted by molar-refractivity contribution is 0.102. The molecule has 1 N–H and O–H groups in total. The minimum Gasteiger partial charge on any atom is -0.422 e. The molecule has 4 rings (SSSR count). The fourth-order valence-corrected chi connectivity index (χ4v) is 4.49. The molecule has 0 saturated heterocycles. The quantitative estimate of drug-likeness (QED) is 0.479. The van der Waals surface area contributed by atoms with E-state index >= 15 is 0 Å². The number of nitrogens with one attached hydrogen (secondary N) is 1. The first kappa shape index (κ1) is 20.6. The summed E-state index contributed by atoms with van der Waals surface area (Å²) >= 11 is 0. The Kier molecular flexibility index (Phi) is 5.20. The first-order valence-corrected chi connectivity index (χ1v) is 11.0. The molecule has 1 heterocycles. The number of aryl methyl sites for hydroxylation is 2. The maximum Gasteiger partial charge on any atom is 0.355 e. The minimum absolute atomic E-state index is 0.00899. The van der Waals surface area contributed by atoms with Crippen LogP contribution in [-0.2, 0) is 9.84 Å². The summed E-state index contributed by atoms with van der Waals surface area (Å²) in [5, 5.41) is 3.16. The maximum absolute atomic E-state index is 12.9. The number of hydrogen-bond acceptors (Lipinski definition) is 5. The lowest BCUT2D eigenvalue weighted by Gasteiger charge is -2.09. The number of anilines is 1. The van der Waals surface area contributed by atoms with Crippen LogP contribution in [0.5, 0.6) is 0 Å². The number of hydrogen-bond donors (Lipinski definition) is 1. The van der Waals surface area contributed by atoms with Crippen LogP contribution in [0.25, 0.3) is 11.0 Å². The third-order valence-electron chi connectivity index (χ3n) is 5.07. The van der Waals surface area contributed by atoms with E-state index in [1.54, 1.807) is 18.2 Å². The van der Waals surface area contributed by atoms with Gasteiger partial charge in [-0.05, 0) is 73.5 Å². The first-order chi connectivity index (χ1) is 14.8. The van der Waals surface area contributed by atoms with Crippen molar-refractivity contribution in [2.45, 2.75) is 23.6 Å². The molecule has 0 aliphatic heterocycles. The number of amides is 1. The molecule has 0 atom stereocenters. The zero-order chi connectivity index (χ0) is 22.2.